The predicted molar refractivity (Wildman–Crippen MR) is 112 cm³/mol. The van der Waals surface area contributed by atoms with Crippen LogP contribution in [0.15, 0.2) is 53.7 Å². The summed E-state index contributed by atoms with van der Waals surface area (Å²) in [5.41, 5.74) is 3.14. The van der Waals surface area contributed by atoms with E-state index in [1.54, 1.807) is 11.8 Å². The molecule has 1 amide bonds. The van der Waals surface area contributed by atoms with Crippen LogP contribution in [0.3, 0.4) is 0 Å². The van der Waals surface area contributed by atoms with Crippen LogP contribution in [0, 0.1) is 13.8 Å². The fourth-order valence-corrected chi connectivity index (χ4v) is 3.35. The first kappa shape index (κ1) is 19.9. The maximum Gasteiger partial charge on any atom is 0.232 e. The molecule has 0 unspecified atom stereocenters. The summed E-state index contributed by atoms with van der Waals surface area (Å²) in [6.45, 7) is 4.65. The number of thioether (sulfide) groups is 1. The molecule has 6 nitrogen and oxygen atoms in total. The number of carbonyl (C=O) groups excluding carboxylic acids is 1. The molecule has 7 heteroatoms. The maximum atomic E-state index is 12.3. The predicted octanol–water partition coefficient (Wildman–Crippen LogP) is 3.78. The molecule has 0 saturated carbocycles. The zero-order valence-corrected chi connectivity index (χ0v) is 17.1. The highest BCUT2D eigenvalue weighted by Gasteiger charge is 2.13. The Labute approximate surface area is 169 Å². The van der Waals surface area contributed by atoms with Gasteiger partial charge in [0.25, 0.3) is 0 Å². The first-order chi connectivity index (χ1) is 13.5. The van der Waals surface area contributed by atoms with Gasteiger partial charge in [-0.3, -0.25) is 4.79 Å². The van der Waals surface area contributed by atoms with Crippen molar-refractivity contribution in [3.63, 3.8) is 0 Å². The number of aromatic nitrogens is 3. The second-order valence-corrected chi connectivity index (χ2v) is 7.55. The average Bonchev–Trinajstić information content (AvgIpc) is 3.02. The van der Waals surface area contributed by atoms with Crippen LogP contribution in [-0.2, 0) is 18.3 Å². The molecule has 0 bridgehead atoms. The van der Waals surface area contributed by atoms with Crippen molar-refractivity contribution in [2.24, 2.45) is 7.05 Å². The Hall–Kier alpha value is -2.80. The summed E-state index contributed by atoms with van der Waals surface area (Å²) in [5, 5.41) is 12.0. The number of anilines is 1. The summed E-state index contributed by atoms with van der Waals surface area (Å²) in [5.74, 6) is 2.12. The summed E-state index contributed by atoms with van der Waals surface area (Å²) in [4.78, 5) is 12.3. The number of hydrogen-bond acceptors (Lipinski definition) is 5. The van der Waals surface area contributed by atoms with Crippen molar-refractivity contribution in [1.82, 2.24) is 14.8 Å². The van der Waals surface area contributed by atoms with Gasteiger partial charge in [0.2, 0.25) is 5.91 Å². The average molecular weight is 397 g/mol. The first-order valence-corrected chi connectivity index (χ1v) is 10.1. The third-order valence-corrected chi connectivity index (χ3v) is 5.35. The van der Waals surface area contributed by atoms with Crippen LogP contribution < -0.4 is 10.1 Å². The van der Waals surface area contributed by atoms with Crippen molar-refractivity contribution in [3.05, 3.63) is 65.5 Å². The molecule has 0 aliphatic heterocycles. The van der Waals surface area contributed by atoms with E-state index < -0.39 is 0 Å². The summed E-state index contributed by atoms with van der Waals surface area (Å²) < 4.78 is 7.54. The van der Waals surface area contributed by atoms with Crippen molar-refractivity contribution in [1.29, 1.82) is 0 Å². The van der Waals surface area contributed by atoms with Gasteiger partial charge in [0.05, 0.1) is 13.0 Å². The van der Waals surface area contributed by atoms with Crippen LogP contribution in [0.2, 0.25) is 0 Å². The molecular formula is C21H24N4O2S. The number of rotatable bonds is 8. The number of nitrogens with one attached hydrogen (secondary N) is 1. The van der Waals surface area contributed by atoms with Crippen LogP contribution in [0.5, 0.6) is 5.75 Å². The fourth-order valence-electron chi connectivity index (χ4n) is 2.60. The lowest BCUT2D eigenvalue weighted by atomic mass is 10.1. The van der Waals surface area contributed by atoms with E-state index in [-0.39, 0.29) is 12.3 Å². The van der Waals surface area contributed by atoms with Crippen molar-refractivity contribution in [3.8, 4) is 5.75 Å². The van der Waals surface area contributed by atoms with Crippen molar-refractivity contribution in [2.45, 2.75) is 25.4 Å². The highest BCUT2D eigenvalue weighted by molar-refractivity contribution is 7.99. The second-order valence-electron chi connectivity index (χ2n) is 6.49. The largest absolute Gasteiger partial charge is 0.493 e. The molecule has 1 N–H and O–H groups in total. The minimum absolute atomic E-state index is 0.109. The molecule has 0 aliphatic rings. The van der Waals surface area contributed by atoms with Crippen molar-refractivity contribution in [2.75, 3.05) is 17.7 Å². The van der Waals surface area contributed by atoms with E-state index in [9.17, 15) is 4.79 Å². The Morgan fingerprint density at radius 1 is 1.11 bits per heavy atom. The molecule has 3 rings (SSSR count). The SMILES string of the molecule is Cc1ccc(NC(=O)Cc2nnc(SCCOc3ccccc3)n2C)cc1C. The minimum Gasteiger partial charge on any atom is -0.493 e. The summed E-state index contributed by atoms with van der Waals surface area (Å²) in [7, 11) is 1.87. The van der Waals surface area contributed by atoms with Crippen LogP contribution in [-0.4, -0.2) is 33.0 Å². The maximum absolute atomic E-state index is 12.3. The van der Waals surface area contributed by atoms with E-state index in [1.165, 1.54) is 5.56 Å². The number of para-hydroxylation sites is 1. The van der Waals surface area contributed by atoms with E-state index in [0.717, 1.165) is 27.9 Å². The molecule has 0 saturated heterocycles. The lowest BCUT2D eigenvalue weighted by molar-refractivity contribution is -0.115. The molecule has 1 aromatic heterocycles. The van der Waals surface area contributed by atoms with Crippen LogP contribution >= 0.6 is 11.8 Å². The molecule has 0 fully saturated rings. The quantitative estimate of drug-likeness (QED) is 0.463. The van der Waals surface area contributed by atoms with E-state index in [2.05, 4.69) is 15.5 Å². The topological polar surface area (TPSA) is 69.0 Å². The molecule has 0 spiro atoms. The molecule has 0 atom stereocenters. The highest BCUT2D eigenvalue weighted by atomic mass is 32.2. The lowest BCUT2D eigenvalue weighted by Crippen LogP contribution is -2.17. The van der Waals surface area contributed by atoms with Gasteiger partial charge in [-0.25, -0.2) is 0 Å². The molecule has 0 radical (unpaired) electrons. The van der Waals surface area contributed by atoms with Crippen LogP contribution in [0.4, 0.5) is 5.69 Å². The first-order valence-electron chi connectivity index (χ1n) is 9.09. The number of nitrogens with zero attached hydrogens (tertiary/aromatic N) is 3. The highest BCUT2D eigenvalue weighted by Crippen LogP contribution is 2.18. The van der Waals surface area contributed by atoms with Gasteiger partial charge < -0.3 is 14.6 Å². The number of carbonyl (C=O) groups is 1. The zero-order chi connectivity index (χ0) is 19.9. The third kappa shape index (κ3) is 5.36. The zero-order valence-electron chi connectivity index (χ0n) is 16.3. The van der Waals surface area contributed by atoms with Gasteiger partial charge in [0.15, 0.2) is 5.16 Å². The van der Waals surface area contributed by atoms with Gasteiger partial charge in [-0.1, -0.05) is 36.0 Å². The normalized spacial score (nSPS) is 10.7. The molecule has 146 valence electrons. The van der Waals surface area contributed by atoms with Crippen molar-refractivity contribution < 1.29 is 9.53 Å². The van der Waals surface area contributed by atoms with Gasteiger partial charge in [-0.2, -0.15) is 0 Å². The van der Waals surface area contributed by atoms with Crippen molar-refractivity contribution >= 4 is 23.4 Å². The van der Waals surface area contributed by atoms with Crippen LogP contribution in [0.1, 0.15) is 17.0 Å². The van der Waals surface area contributed by atoms with E-state index in [1.807, 2.05) is 74.0 Å². The van der Waals surface area contributed by atoms with Gasteiger partial charge in [0.1, 0.15) is 11.6 Å². The summed E-state index contributed by atoms with van der Waals surface area (Å²) in [6.07, 6.45) is 0.178. The van der Waals surface area contributed by atoms with E-state index in [0.29, 0.717) is 12.4 Å². The third-order valence-electron chi connectivity index (χ3n) is 4.36. The van der Waals surface area contributed by atoms with Gasteiger partial charge in [-0.05, 0) is 49.2 Å². The standard InChI is InChI=1S/C21H24N4O2S/c1-15-9-10-17(13-16(15)2)22-20(26)14-19-23-24-21(25(19)3)28-12-11-27-18-7-5-4-6-8-18/h4-10,13H,11-12,14H2,1-3H3,(H,22,26). The van der Waals surface area contributed by atoms with Gasteiger partial charge in [0, 0.05) is 18.5 Å². The number of benzene rings is 2. The second kappa shape index (κ2) is 9.41. The Bertz CT molecular complexity index is 941. The molecule has 3 aromatic rings. The fraction of sp³-hybridized carbons (Fsp3) is 0.286. The molecule has 28 heavy (non-hydrogen) atoms. The number of amides is 1. The number of ether oxygens (including phenoxy) is 1. The Kier molecular flexibility index (Phi) is 6.71. The molecule has 2 aromatic carbocycles. The summed E-state index contributed by atoms with van der Waals surface area (Å²) >= 11 is 1.55. The van der Waals surface area contributed by atoms with Crippen LogP contribution in [0.25, 0.3) is 0 Å². The van der Waals surface area contributed by atoms with E-state index in [4.69, 9.17) is 4.74 Å². The lowest BCUT2D eigenvalue weighted by Gasteiger charge is -2.08. The number of hydrogen-bond donors (Lipinski definition) is 1. The molecule has 1 heterocycles. The Morgan fingerprint density at radius 3 is 2.64 bits per heavy atom. The van der Waals surface area contributed by atoms with Gasteiger partial charge in [-0.15, -0.1) is 10.2 Å². The van der Waals surface area contributed by atoms with Gasteiger partial charge >= 0.3 is 0 Å². The summed E-state index contributed by atoms with van der Waals surface area (Å²) in [6, 6.07) is 15.6. The number of aryl methyl sites for hydroxylation is 2. The monoisotopic (exact) mass is 396 g/mol. The smallest absolute Gasteiger partial charge is 0.232 e. The Morgan fingerprint density at radius 2 is 1.89 bits per heavy atom. The molecular weight excluding hydrogens is 372 g/mol. The minimum atomic E-state index is -0.109. The molecule has 0 aliphatic carbocycles. The van der Waals surface area contributed by atoms with E-state index >= 15 is 0 Å². The Balaban J connectivity index is 1.49.